The van der Waals surface area contributed by atoms with Gasteiger partial charge in [-0.25, -0.2) is 12.7 Å². The van der Waals surface area contributed by atoms with Gasteiger partial charge in [0.2, 0.25) is 21.8 Å². The lowest BCUT2D eigenvalue weighted by Gasteiger charge is -2.32. The van der Waals surface area contributed by atoms with Crippen LogP contribution in [-0.2, 0) is 32.6 Å². The zero-order valence-electron chi connectivity index (χ0n) is 23.9. The smallest absolute Gasteiger partial charge is 0.243 e. The third kappa shape index (κ3) is 8.76. The summed E-state index contributed by atoms with van der Waals surface area (Å²) in [6, 6.07) is 25.1. The summed E-state index contributed by atoms with van der Waals surface area (Å²) in [5.41, 5.74) is 2.97. The quantitative estimate of drug-likeness (QED) is 0.301. The van der Waals surface area contributed by atoms with E-state index >= 15 is 0 Å². The highest BCUT2D eigenvalue weighted by Crippen LogP contribution is 2.19. The van der Waals surface area contributed by atoms with E-state index in [-0.39, 0.29) is 42.3 Å². The third-order valence-electron chi connectivity index (χ3n) is 7.02. The van der Waals surface area contributed by atoms with Crippen molar-refractivity contribution in [3.8, 4) is 0 Å². The van der Waals surface area contributed by atoms with E-state index in [1.807, 2.05) is 75.4 Å². The largest absolute Gasteiger partial charge is 0.352 e. The number of benzene rings is 3. The second-order valence-electron chi connectivity index (χ2n) is 10.3. The van der Waals surface area contributed by atoms with Gasteiger partial charge >= 0.3 is 0 Å². The van der Waals surface area contributed by atoms with Gasteiger partial charge in [0.25, 0.3) is 0 Å². The van der Waals surface area contributed by atoms with E-state index in [2.05, 4.69) is 5.32 Å². The van der Waals surface area contributed by atoms with Gasteiger partial charge in [0.1, 0.15) is 6.04 Å². The molecule has 0 unspecified atom stereocenters. The van der Waals surface area contributed by atoms with Crippen molar-refractivity contribution < 1.29 is 18.0 Å². The molecular weight excluding hydrogens is 522 g/mol. The van der Waals surface area contributed by atoms with Gasteiger partial charge in [0.15, 0.2) is 0 Å². The van der Waals surface area contributed by atoms with Gasteiger partial charge in [0, 0.05) is 39.0 Å². The average Bonchev–Trinajstić information content (AvgIpc) is 2.95. The topological polar surface area (TPSA) is 86.8 Å². The molecule has 40 heavy (non-hydrogen) atoms. The van der Waals surface area contributed by atoms with Crippen molar-refractivity contribution in [2.45, 2.75) is 70.0 Å². The van der Waals surface area contributed by atoms with E-state index in [0.717, 1.165) is 23.1 Å². The van der Waals surface area contributed by atoms with Crippen LogP contribution in [0.1, 0.15) is 49.8 Å². The zero-order chi connectivity index (χ0) is 29.1. The van der Waals surface area contributed by atoms with Crippen LogP contribution in [0.3, 0.4) is 0 Å². The Bertz CT molecular complexity index is 1350. The number of carbonyl (C=O) groups excluding carboxylic acids is 2. The molecule has 8 heteroatoms. The second-order valence-corrected chi connectivity index (χ2v) is 12.3. The summed E-state index contributed by atoms with van der Waals surface area (Å²) in [6.07, 6.45) is 1.60. The minimum atomic E-state index is -3.65. The Hall–Kier alpha value is -3.49. The number of carbonyl (C=O) groups is 2. The summed E-state index contributed by atoms with van der Waals surface area (Å²) in [5.74, 6) is -0.379. The number of hydrogen-bond acceptors (Lipinski definition) is 4. The Kier molecular flexibility index (Phi) is 11.5. The molecular formula is C32H41N3O4S. The number of nitrogens with zero attached hydrogens (tertiary/aromatic N) is 2. The second kappa shape index (κ2) is 14.8. The molecule has 3 aromatic carbocycles. The Balaban J connectivity index is 1.83. The first kappa shape index (κ1) is 31.0. The summed E-state index contributed by atoms with van der Waals surface area (Å²) in [5, 5.41) is 3.07. The molecule has 0 bridgehead atoms. The maximum Gasteiger partial charge on any atom is 0.243 e. The molecule has 0 aliphatic carbocycles. The van der Waals surface area contributed by atoms with Crippen molar-refractivity contribution in [3.63, 3.8) is 0 Å². The van der Waals surface area contributed by atoms with Gasteiger partial charge in [-0.2, -0.15) is 0 Å². The molecule has 3 aromatic rings. The maximum absolute atomic E-state index is 13.8. The molecule has 0 spiro atoms. The predicted molar refractivity (Wildman–Crippen MR) is 159 cm³/mol. The molecule has 0 aliphatic rings. The lowest BCUT2D eigenvalue weighted by Crippen LogP contribution is -2.52. The normalized spacial score (nSPS) is 13.0. The Morgan fingerprint density at radius 3 is 2.15 bits per heavy atom. The molecule has 0 aliphatic heterocycles. The van der Waals surface area contributed by atoms with Crippen LogP contribution >= 0.6 is 0 Å². The van der Waals surface area contributed by atoms with E-state index in [1.54, 1.807) is 35.2 Å². The molecule has 0 saturated carbocycles. The first-order valence-corrected chi connectivity index (χ1v) is 15.3. The number of amides is 2. The van der Waals surface area contributed by atoms with Crippen molar-refractivity contribution in [1.82, 2.24) is 14.5 Å². The standard InChI is InChI=1S/C32H41N3O4S/c1-5-26(3)33-32(37)30(23-27-15-8-6-9-16-27)35(24-28-17-12-14-25(2)22-28)31(36)20-13-21-34(4)40(38,39)29-18-10-7-11-19-29/h6-12,14-19,22,26,30H,5,13,20-21,23-24H2,1-4H3,(H,33,37)/t26-,30+/m1/s1. The first-order chi connectivity index (χ1) is 19.1. The van der Waals surface area contributed by atoms with Gasteiger partial charge < -0.3 is 10.2 Å². The lowest BCUT2D eigenvalue weighted by atomic mass is 10.0. The van der Waals surface area contributed by atoms with E-state index in [9.17, 15) is 18.0 Å². The highest BCUT2D eigenvalue weighted by molar-refractivity contribution is 7.89. The van der Waals surface area contributed by atoms with Crippen LogP contribution in [0.4, 0.5) is 0 Å². The maximum atomic E-state index is 13.8. The number of nitrogens with one attached hydrogen (secondary N) is 1. The fraction of sp³-hybridized carbons (Fsp3) is 0.375. The molecule has 0 fully saturated rings. The highest BCUT2D eigenvalue weighted by atomic mass is 32.2. The summed E-state index contributed by atoms with van der Waals surface area (Å²) in [4.78, 5) is 29.3. The molecule has 0 heterocycles. The van der Waals surface area contributed by atoms with Crippen molar-refractivity contribution in [2.75, 3.05) is 13.6 Å². The highest BCUT2D eigenvalue weighted by Gasteiger charge is 2.31. The SMILES string of the molecule is CC[C@@H](C)NC(=O)[C@H](Cc1ccccc1)N(Cc1cccc(C)c1)C(=O)CCCN(C)S(=O)(=O)c1ccccc1. The summed E-state index contributed by atoms with van der Waals surface area (Å²) < 4.78 is 27.1. The van der Waals surface area contributed by atoms with Crippen LogP contribution in [0.25, 0.3) is 0 Å². The van der Waals surface area contributed by atoms with Crippen LogP contribution in [0.5, 0.6) is 0 Å². The zero-order valence-corrected chi connectivity index (χ0v) is 24.7. The molecule has 0 radical (unpaired) electrons. The fourth-order valence-electron chi connectivity index (χ4n) is 4.49. The number of rotatable bonds is 14. The summed E-state index contributed by atoms with van der Waals surface area (Å²) >= 11 is 0. The molecule has 1 N–H and O–H groups in total. The van der Waals surface area contributed by atoms with Crippen molar-refractivity contribution in [2.24, 2.45) is 0 Å². The van der Waals surface area contributed by atoms with E-state index < -0.39 is 16.1 Å². The van der Waals surface area contributed by atoms with Crippen LogP contribution < -0.4 is 5.32 Å². The van der Waals surface area contributed by atoms with Gasteiger partial charge in [-0.05, 0) is 49.9 Å². The monoisotopic (exact) mass is 563 g/mol. The van der Waals surface area contributed by atoms with Gasteiger partial charge in [-0.1, -0.05) is 85.3 Å². The third-order valence-corrected chi connectivity index (χ3v) is 8.89. The van der Waals surface area contributed by atoms with E-state index in [1.165, 1.54) is 11.4 Å². The van der Waals surface area contributed by atoms with Crippen LogP contribution in [0.15, 0.2) is 89.8 Å². The Morgan fingerprint density at radius 2 is 1.52 bits per heavy atom. The van der Waals surface area contributed by atoms with Crippen LogP contribution in [0, 0.1) is 6.92 Å². The van der Waals surface area contributed by atoms with Crippen LogP contribution in [-0.4, -0.2) is 55.1 Å². The molecule has 2 amide bonds. The summed E-state index contributed by atoms with van der Waals surface area (Å²) in [7, 11) is -2.13. The van der Waals surface area contributed by atoms with Gasteiger partial charge in [0.05, 0.1) is 4.90 Å². The van der Waals surface area contributed by atoms with Crippen molar-refractivity contribution in [3.05, 3.63) is 102 Å². The molecule has 214 valence electrons. The van der Waals surface area contributed by atoms with E-state index in [0.29, 0.717) is 12.8 Å². The minimum absolute atomic E-state index is 0.0291. The predicted octanol–water partition coefficient (Wildman–Crippen LogP) is 4.95. The molecule has 2 atom stereocenters. The molecule has 7 nitrogen and oxygen atoms in total. The van der Waals surface area contributed by atoms with Crippen LogP contribution in [0.2, 0.25) is 0 Å². The molecule has 0 saturated heterocycles. The molecule has 3 rings (SSSR count). The number of aryl methyl sites for hydroxylation is 1. The summed E-state index contributed by atoms with van der Waals surface area (Å²) in [6.45, 7) is 6.42. The molecule has 0 aromatic heterocycles. The van der Waals surface area contributed by atoms with Crippen molar-refractivity contribution in [1.29, 1.82) is 0 Å². The first-order valence-electron chi connectivity index (χ1n) is 13.8. The lowest BCUT2D eigenvalue weighted by molar-refractivity contribution is -0.141. The average molecular weight is 564 g/mol. The Morgan fingerprint density at radius 1 is 0.900 bits per heavy atom. The van der Waals surface area contributed by atoms with Gasteiger partial charge in [-0.15, -0.1) is 0 Å². The number of sulfonamides is 1. The van der Waals surface area contributed by atoms with E-state index in [4.69, 9.17) is 0 Å². The Labute approximate surface area is 239 Å². The minimum Gasteiger partial charge on any atom is -0.352 e. The number of hydrogen-bond donors (Lipinski definition) is 1. The van der Waals surface area contributed by atoms with Gasteiger partial charge in [-0.3, -0.25) is 9.59 Å². The van der Waals surface area contributed by atoms with Crippen molar-refractivity contribution >= 4 is 21.8 Å². The fourth-order valence-corrected chi connectivity index (χ4v) is 5.72.